The van der Waals surface area contributed by atoms with Crippen molar-refractivity contribution in [3.05, 3.63) is 156 Å². The summed E-state index contributed by atoms with van der Waals surface area (Å²) >= 11 is 0.820. The number of carbonyl (C=O) groups excluding carboxylic acids is 15. The smallest absolute Gasteiger partial charge is 0.307 e. The number of carbonyl (C=O) groups is 17. The molecule has 3 aliphatic heterocycles. The number of aromatic amines is 2. The molecule has 0 radical (unpaired) electrons. The number of aliphatic carboxylic acids is 2. The number of aromatic nitrogens is 4. The van der Waals surface area contributed by atoms with Gasteiger partial charge in [-0.1, -0.05) is 145 Å². The number of imidazole rings is 2. The number of nitrogens with one attached hydrogen (secondary N) is 16. The van der Waals surface area contributed by atoms with Crippen molar-refractivity contribution >= 4 is 118 Å². The van der Waals surface area contributed by atoms with E-state index in [9.17, 15) is 72.5 Å². The maximum absolute atomic E-state index is 15.7. The summed E-state index contributed by atoms with van der Waals surface area (Å²) in [4.78, 5) is 263. The maximum atomic E-state index is 15.7. The molecule has 136 heavy (non-hydrogen) atoms. The fourth-order valence-electron chi connectivity index (χ4n) is 15.7. The number of primary amides is 1. The van der Waals surface area contributed by atoms with Crippen LogP contribution in [0.25, 0.3) is 22.3 Å². The Morgan fingerprint density at radius 3 is 1.54 bits per heavy atom. The molecule has 3 aliphatic rings. The minimum atomic E-state index is -2.02. The van der Waals surface area contributed by atoms with Crippen molar-refractivity contribution in [1.29, 1.82) is 5.41 Å². The molecule has 732 valence electrons. The first kappa shape index (κ1) is 106. The van der Waals surface area contributed by atoms with Crippen molar-refractivity contribution in [1.82, 2.24) is 104 Å². The van der Waals surface area contributed by atoms with Gasteiger partial charge in [0.05, 0.1) is 57.6 Å². The average Bonchev–Trinajstić information content (AvgIpc) is 1.63. The van der Waals surface area contributed by atoms with Crippen LogP contribution in [0.2, 0.25) is 0 Å². The summed E-state index contributed by atoms with van der Waals surface area (Å²) in [7, 11) is 1.23. The second kappa shape index (κ2) is 51.9. The fourth-order valence-corrected chi connectivity index (χ4v) is 16.5. The number of likely N-dealkylation sites (N-methyl/N-ethyl adjacent to an activating group) is 1. The Bertz CT molecular complexity index is 5140. The molecule has 44 heteroatoms. The molecule has 4 aromatic carbocycles. The lowest BCUT2D eigenvalue weighted by molar-refractivity contribution is -0.144. The quantitative estimate of drug-likeness (QED) is 0.0150. The van der Waals surface area contributed by atoms with Crippen LogP contribution in [0.15, 0.2) is 128 Å². The molecular weight excluding hydrogens is 1780 g/mol. The van der Waals surface area contributed by atoms with Crippen LogP contribution in [-0.4, -0.2) is 301 Å². The number of guanidine groups is 1. The van der Waals surface area contributed by atoms with Crippen molar-refractivity contribution < 1.29 is 96.5 Å². The Morgan fingerprint density at radius 2 is 1.00 bits per heavy atom. The number of carboxylic acids is 2. The molecule has 5 heterocycles. The number of carboxylic acid groups (broad SMARTS) is 2. The summed E-state index contributed by atoms with van der Waals surface area (Å²) < 4.78 is 5.64. The Morgan fingerprint density at radius 1 is 0.515 bits per heavy atom. The van der Waals surface area contributed by atoms with E-state index in [1.807, 2.05) is 47.4 Å². The SMILES string of the molecule is CC(C)C[C@@H]1NC(=O)[C@H](Cc2cnc[nH]2)NC(=O)[C@H](C(C)C)NC(=O)[C@@H]2CCCN2C(=O)[C@H](C(C)C)NC(=O)[C@@H](CCCNC(=N)N)NC(=O)[C@H](CC(=O)O)NC(=O)[C@H](Cc2cnc[nH]2)NC(=O)CN(C)C(=O)[C@H](Cc2ccc(-c3ccc(CC(=O)O)cc3)cc2)NC(=O)[C@H](Cc2ccc(-c3ccccc3)cc2)NC(=O)[C@H](CN2CCOCC2)NC(=O)CSC[C@@H](C(=O)NCC(N)=O)NC1=O. The highest BCUT2D eigenvalue weighted by Crippen LogP contribution is 2.26. The van der Waals surface area contributed by atoms with Gasteiger partial charge >= 0.3 is 11.9 Å². The van der Waals surface area contributed by atoms with Gasteiger partial charge in [-0.3, -0.25) is 91.8 Å². The van der Waals surface area contributed by atoms with E-state index >= 15 is 19.2 Å². The lowest BCUT2D eigenvalue weighted by atomic mass is 9.98. The van der Waals surface area contributed by atoms with Crippen LogP contribution in [0.1, 0.15) is 108 Å². The van der Waals surface area contributed by atoms with Gasteiger partial charge in [0, 0.05) is 95.0 Å². The molecule has 22 N–H and O–H groups in total. The number of nitrogens with two attached hydrogens (primary N) is 2. The predicted molar refractivity (Wildman–Crippen MR) is 498 cm³/mol. The van der Waals surface area contributed by atoms with Crippen molar-refractivity contribution in [2.45, 2.75) is 185 Å². The molecule has 12 atom stereocenters. The van der Waals surface area contributed by atoms with Crippen LogP contribution in [0.5, 0.6) is 0 Å². The lowest BCUT2D eigenvalue weighted by Gasteiger charge is -2.33. The van der Waals surface area contributed by atoms with Crippen molar-refractivity contribution in [3.8, 4) is 22.3 Å². The number of ether oxygens (including phenoxy) is 1. The number of fused-ring (bicyclic) bond motifs is 1. The number of benzene rings is 4. The molecule has 0 spiro atoms. The molecule has 0 saturated carbocycles. The molecule has 15 amide bonds. The van der Waals surface area contributed by atoms with E-state index in [1.54, 1.807) is 102 Å². The molecule has 43 nitrogen and oxygen atoms in total. The maximum Gasteiger partial charge on any atom is 0.307 e. The van der Waals surface area contributed by atoms with Crippen molar-refractivity contribution in [2.24, 2.45) is 29.2 Å². The summed E-state index contributed by atoms with van der Waals surface area (Å²) in [6.45, 7) is 9.20. The van der Waals surface area contributed by atoms with E-state index in [0.717, 1.165) is 27.8 Å². The number of rotatable bonds is 27. The first-order chi connectivity index (χ1) is 64.8. The van der Waals surface area contributed by atoms with Gasteiger partial charge in [0.2, 0.25) is 88.6 Å². The van der Waals surface area contributed by atoms with Crippen LogP contribution in [-0.2, 0) is 118 Å². The zero-order chi connectivity index (χ0) is 98.8. The Labute approximate surface area is 790 Å². The standard InChI is InChI=1S/C92H123N23O20S/c1-51(2)35-64-82(125)110-71(80(123)99-44-73(93)116)47-136-48-75(118)103-70(45-114-31-33-135-34-32-114)87(130)106-65(36-54-17-23-58(24-18-54)57-13-9-8-10-14-57)83(126)109-69(37-55-19-25-59(26-20-55)60-27-21-56(22-28-60)38-76(119)120)90(133)113(7)46-74(117)102-66(39-61-42-96-49-100-61)84(127)107-68(41-77(121)122)86(129)104-63(15-11-29-98-92(94)95)81(124)112-79(53(5)6)91(134)115-30-12-16-72(115)88(131)111-78(52(3)4)89(132)108-67(85(128)105-64)40-62-43-97-50-101-62/h8-10,13-14,17-28,42-43,49-53,63-72,78-79H,11-12,15-16,29-41,44-48H2,1-7H3,(H2,93,116)(H,96,100)(H,97,101)(H,99,123)(H,102,117)(H,103,118)(H,104,129)(H,105,128)(H,106,130)(H,107,127)(H,108,132)(H,109,126)(H,110,125)(H,111,131)(H,112,124)(H,119,120)(H,121,122)(H4,94,95,98)/t63-,64+,65+,66+,67+,68+,69+,70+,71+,72+,78+,79+/m1/s1. The van der Waals surface area contributed by atoms with Crippen LogP contribution in [0.3, 0.4) is 0 Å². The van der Waals surface area contributed by atoms with Gasteiger partial charge in [0.25, 0.3) is 0 Å². The van der Waals surface area contributed by atoms with Gasteiger partial charge in [-0.2, -0.15) is 0 Å². The second-order valence-electron chi connectivity index (χ2n) is 34.8. The number of hydrogen-bond acceptors (Lipinski definition) is 23. The van der Waals surface area contributed by atoms with E-state index in [2.05, 4.69) is 89.1 Å². The molecule has 0 unspecified atom stereocenters. The molecule has 2 aromatic heterocycles. The van der Waals surface area contributed by atoms with E-state index < -0.39 is 228 Å². The van der Waals surface area contributed by atoms with Crippen LogP contribution >= 0.6 is 11.8 Å². The molecule has 3 fully saturated rings. The summed E-state index contributed by atoms with van der Waals surface area (Å²) in [6.07, 6.45) is 2.72. The normalized spacial score (nSPS) is 22.9. The average molecular weight is 1900 g/mol. The highest BCUT2D eigenvalue weighted by molar-refractivity contribution is 8.00. The Balaban J connectivity index is 1.10. The second-order valence-corrected chi connectivity index (χ2v) is 35.9. The predicted octanol–water partition coefficient (Wildman–Crippen LogP) is -2.08. The number of nitrogens with zero attached hydrogens (tertiary/aromatic N) is 5. The van der Waals surface area contributed by atoms with Gasteiger partial charge < -0.3 is 115 Å². The molecule has 9 rings (SSSR count). The van der Waals surface area contributed by atoms with Gasteiger partial charge in [0.15, 0.2) is 5.96 Å². The minimum absolute atomic E-state index is 0.00690. The van der Waals surface area contributed by atoms with E-state index in [1.165, 1.54) is 37.0 Å². The topological polar surface area (TPSA) is 639 Å². The van der Waals surface area contributed by atoms with Crippen LogP contribution < -0.4 is 80.6 Å². The van der Waals surface area contributed by atoms with Gasteiger partial charge in [-0.05, 0) is 88.8 Å². The summed E-state index contributed by atoms with van der Waals surface area (Å²) in [6, 6.07) is 11.4. The fraction of sp³-hybridized carbons (Fsp3) is 0.478. The largest absolute Gasteiger partial charge is 0.481 e. The third-order valence-corrected chi connectivity index (χ3v) is 23.9. The molecular formula is C92H123N23O20S. The number of thioether (sulfide) groups is 1. The number of hydrogen-bond donors (Lipinski definition) is 20. The van der Waals surface area contributed by atoms with E-state index in [4.69, 9.17) is 21.6 Å². The third-order valence-electron chi connectivity index (χ3n) is 22.9. The molecule has 0 bridgehead atoms. The number of H-pyrrole nitrogens is 2. The van der Waals surface area contributed by atoms with E-state index in [0.29, 0.717) is 46.6 Å². The van der Waals surface area contributed by atoms with Crippen molar-refractivity contribution in [2.75, 3.05) is 77.6 Å². The molecule has 6 aromatic rings. The highest BCUT2D eigenvalue weighted by atomic mass is 32.2. The monoisotopic (exact) mass is 1900 g/mol. The van der Waals surface area contributed by atoms with Crippen LogP contribution in [0, 0.1) is 23.2 Å². The van der Waals surface area contributed by atoms with Gasteiger partial charge in [-0.25, -0.2) is 9.97 Å². The Hall–Kier alpha value is -14.2. The minimum Gasteiger partial charge on any atom is -0.481 e. The number of amides is 15. The molecule has 0 aliphatic carbocycles. The van der Waals surface area contributed by atoms with Crippen molar-refractivity contribution in [3.63, 3.8) is 0 Å². The first-order valence-electron chi connectivity index (χ1n) is 44.9. The van der Waals surface area contributed by atoms with E-state index in [-0.39, 0.29) is 102 Å². The first-order valence-corrected chi connectivity index (χ1v) is 46.1. The third kappa shape index (κ3) is 33.2. The molecule has 3 saturated heterocycles. The van der Waals surface area contributed by atoms with Crippen LogP contribution in [0.4, 0.5) is 0 Å². The lowest BCUT2D eigenvalue weighted by Crippen LogP contribution is -2.62. The number of morpholine rings is 1. The Kier molecular flexibility index (Phi) is 40.3. The zero-order valence-corrected chi connectivity index (χ0v) is 77.7. The van der Waals surface area contributed by atoms with Gasteiger partial charge in [-0.15, -0.1) is 11.8 Å². The van der Waals surface area contributed by atoms with Gasteiger partial charge in [0.1, 0.15) is 72.5 Å². The summed E-state index contributed by atoms with van der Waals surface area (Å²) in [5.41, 5.74) is 16.1. The zero-order valence-electron chi connectivity index (χ0n) is 76.9. The summed E-state index contributed by atoms with van der Waals surface area (Å²) in [5.74, 6) is -19.9. The summed E-state index contributed by atoms with van der Waals surface area (Å²) in [5, 5.41) is 62.1. The highest BCUT2D eigenvalue weighted by Gasteiger charge is 2.44.